The van der Waals surface area contributed by atoms with Crippen molar-refractivity contribution in [2.45, 2.75) is 6.42 Å². The number of primary amides is 1. The van der Waals surface area contributed by atoms with Crippen molar-refractivity contribution < 1.29 is 9.72 Å². The largest absolute Gasteiger partial charge is 0.393 e. The standard InChI is InChI=1S/C10H10ClN3O3/c11-7-4-6(2-1-3-9(12)15)10(13)8(5-7)14(16)17/h1-2,4-5H,3,13H2,(H2,12,15). The fraction of sp³-hybridized carbons (Fsp3) is 0.100. The maximum absolute atomic E-state index is 10.7. The van der Waals surface area contributed by atoms with Crippen LogP contribution in [0.1, 0.15) is 12.0 Å². The number of carbonyl (C=O) groups excluding carboxylic acids is 1. The van der Waals surface area contributed by atoms with Crippen molar-refractivity contribution in [2.24, 2.45) is 5.73 Å². The third-order valence-corrected chi connectivity index (χ3v) is 2.19. The first-order valence-electron chi connectivity index (χ1n) is 4.60. The fourth-order valence-electron chi connectivity index (χ4n) is 1.22. The number of hydrogen-bond donors (Lipinski definition) is 2. The second-order valence-electron chi connectivity index (χ2n) is 3.26. The molecule has 1 amide bonds. The van der Waals surface area contributed by atoms with Crippen LogP contribution in [0.4, 0.5) is 11.4 Å². The Hall–Kier alpha value is -2.08. The monoisotopic (exact) mass is 255 g/mol. The number of halogens is 1. The van der Waals surface area contributed by atoms with E-state index in [1.165, 1.54) is 24.3 Å². The summed E-state index contributed by atoms with van der Waals surface area (Å²) in [5, 5.41) is 10.9. The van der Waals surface area contributed by atoms with Crippen LogP contribution in [0.2, 0.25) is 5.02 Å². The smallest absolute Gasteiger partial charge is 0.294 e. The minimum absolute atomic E-state index is 0.000111. The van der Waals surface area contributed by atoms with Crippen molar-refractivity contribution >= 4 is 35.0 Å². The maximum Gasteiger partial charge on any atom is 0.294 e. The summed E-state index contributed by atoms with van der Waals surface area (Å²) < 4.78 is 0. The van der Waals surface area contributed by atoms with Gasteiger partial charge in [0.05, 0.1) is 4.92 Å². The Morgan fingerprint density at radius 1 is 1.53 bits per heavy atom. The Labute approximate surface area is 102 Å². The van der Waals surface area contributed by atoms with Gasteiger partial charge in [-0.1, -0.05) is 23.8 Å². The van der Waals surface area contributed by atoms with Crippen molar-refractivity contribution in [1.29, 1.82) is 0 Å². The molecule has 0 aliphatic rings. The van der Waals surface area contributed by atoms with Crippen LogP contribution in [-0.4, -0.2) is 10.8 Å². The van der Waals surface area contributed by atoms with E-state index in [1.807, 2.05) is 0 Å². The highest BCUT2D eigenvalue weighted by Gasteiger charge is 2.15. The molecule has 0 aromatic heterocycles. The van der Waals surface area contributed by atoms with E-state index >= 15 is 0 Å². The average molecular weight is 256 g/mol. The van der Waals surface area contributed by atoms with Crippen molar-refractivity contribution in [1.82, 2.24) is 0 Å². The molecule has 0 aliphatic carbocycles. The molecule has 0 saturated heterocycles. The lowest BCUT2D eigenvalue weighted by Gasteiger charge is -2.02. The van der Waals surface area contributed by atoms with Gasteiger partial charge < -0.3 is 11.5 Å². The molecule has 0 spiro atoms. The third kappa shape index (κ3) is 3.46. The highest BCUT2D eigenvalue weighted by Crippen LogP contribution is 2.30. The zero-order valence-electron chi connectivity index (χ0n) is 8.72. The summed E-state index contributed by atoms with van der Waals surface area (Å²) in [6.07, 6.45) is 2.97. The predicted octanol–water partition coefficient (Wildman–Crippen LogP) is 1.72. The van der Waals surface area contributed by atoms with Gasteiger partial charge in [0, 0.05) is 23.1 Å². The number of anilines is 1. The molecule has 1 aromatic rings. The molecular formula is C10H10ClN3O3. The molecule has 0 unspecified atom stereocenters. The van der Waals surface area contributed by atoms with Gasteiger partial charge in [-0.2, -0.15) is 0 Å². The predicted molar refractivity (Wildman–Crippen MR) is 65.4 cm³/mol. The summed E-state index contributed by atoms with van der Waals surface area (Å²) >= 11 is 5.72. The zero-order valence-corrected chi connectivity index (χ0v) is 9.48. The quantitative estimate of drug-likeness (QED) is 0.484. The molecule has 7 heteroatoms. The average Bonchev–Trinajstić information content (AvgIpc) is 2.21. The van der Waals surface area contributed by atoms with Gasteiger partial charge in [0.1, 0.15) is 5.69 Å². The van der Waals surface area contributed by atoms with Crippen molar-refractivity contribution in [3.63, 3.8) is 0 Å². The van der Waals surface area contributed by atoms with E-state index < -0.39 is 10.8 Å². The lowest BCUT2D eigenvalue weighted by atomic mass is 10.1. The molecule has 0 saturated carbocycles. The van der Waals surface area contributed by atoms with Crippen LogP contribution in [0, 0.1) is 10.1 Å². The molecular weight excluding hydrogens is 246 g/mol. The summed E-state index contributed by atoms with van der Waals surface area (Å²) in [4.78, 5) is 20.6. The number of nitrogens with two attached hydrogens (primary N) is 2. The van der Waals surface area contributed by atoms with Crippen LogP contribution in [0.3, 0.4) is 0 Å². The molecule has 0 fully saturated rings. The number of nitro groups is 1. The topological polar surface area (TPSA) is 112 Å². The number of nitro benzene ring substituents is 1. The Balaban J connectivity index is 3.11. The maximum atomic E-state index is 10.7. The summed E-state index contributed by atoms with van der Waals surface area (Å²) in [5.41, 5.74) is 10.7. The molecule has 0 heterocycles. The van der Waals surface area contributed by atoms with E-state index in [0.717, 1.165) is 0 Å². The van der Waals surface area contributed by atoms with Gasteiger partial charge in [-0.25, -0.2) is 0 Å². The number of rotatable bonds is 4. The molecule has 4 N–H and O–H groups in total. The van der Waals surface area contributed by atoms with Gasteiger partial charge in [0.15, 0.2) is 0 Å². The minimum Gasteiger partial charge on any atom is -0.393 e. The second-order valence-corrected chi connectivity index (χ2v) is 3.69. The third-order valence-electron chi connectivity index (χ3n) is 1.97. The first-order valence-corrected chi connectivity index (χ1v) is 4.98. The number of benzene rings is 1. The van der Waals surface area contributed by atoms with Crippen LogP contribution >= 0.6 is 11.6 Å². The van der Waals surface area contributed by atoms with E-state index in [1.54, 1.807) is 0 Å². The minimum atomic E-state index is -0.618. The fourth-order valence-corrected chi connectivity index (χ4v) is 1.44. The summed E-state index contributed by atoms with van der Waals surface area (Å²) in [5.74, 6) is -0.503. The molecule has 1 rings (SSSR count). The second kappa shape index (κ2) is 5.31. The van der Waals surface area contributed by atoms with E-state index in [2.05, 4.69) is 0 Å². The molecule has 90 valence electrons. The normalized spacial score (nSPS) is 10.6. The molecule has 6 nitrogen and oxygen atoms in total. The molecule has 17 heavy (non-hydrogen) atoms. The van der Waals surface area contributed by atoms with Gasteiger partial charge in [-0.05, 0) is 6.07 Å². The zero-order chi connectivity index (χ0) is 13.0. The van der Waals surface area contributed by atoms with E-state index in [0.29, 0.717) is 5.56 Å². The molecule has 1 aromatic carbocycles. The van der Waals surface area contributed by atoms with Crippen LogP contribution in [0.5, 0.6) is 0 Å². The first-order chi connectivity index (χ1) is 7.91. The molecule has 0 bridgehead atoms. The number of nitrogens with zero attached hydrogens (tertiary/aromatic N) is 1. The Bertz CT molecular complexity index is 500. The molecule has 0 radical (unpaired) electrons. The van der Waals surface area contributed by atoms with Gasteiger partial charge in [-0.3, -0.25) is 14.9 Å². The van der Waals surface area contributed by atoms with E-state index in [9.17, 15) is 14.9 Å². The van der Waals surface area contributed by atoms with Gasteiger partial charge in [0.25, 0.3) is 5.69 Å². The van der Waals surface area contributed by atoms with E-state index in [4.69, 9.17) is 23.1 Å². The number of carbonyl (C=O) groups is 1. The SMILES string of the molecule is NC(=O)CC=Cc1cc(Cl)cc([N+](=O)[O-])c1N. The summed E-state index contributed by atoms with van der Waals surface area (Å²) in [6, 6.07) is 2.64. The number of nitrogen functional groups attached to an aromatic ring is 1. The summed E-state index contributed by atoms with van der Waals surface area (Å²) in [7, 11) is 0. The highest BCUT2D eigenvalue weighted by atomic mass is 35.5. The van der Waals surface area contributed by atoms with Crippen molar-refractivity contribution in [3.05, 3.63) is 38.9 Å². The van der Waals surface area contributed by atoms with Crippen LogP contribution in [-0.2, 0) is 4.79 Å². The Morgan fingerprint density at radius 3 is 2.71 bits per heavy atom. The first kappa shape index (κ1) is 13.0. The van der Waals surface area contributed by atoms with Gasteiger partial charge >= 0.3 is 0 Å². The van der Waals surface area contributed by atoms with Gasteiger partial charge in [0.2, 0.25) is 5.91 Å². The lowest BCUT2D eigenvalue weighted by molar-refractivity contribution is -0.383. The van der Waals surface area contributed by atoms with Crippen LogP contribution in [0.25, 0.3) is 6.08 Å². The Morgan fingerprint density at radius 2 is 2.18 bits per heavy atom. The molecule has 0 atom stereocenters. The lowest BCUT2D eigenvalue weighted by Crippen LogP contribution is -2.08. The van der Waals surface area contributed by atoms with Crippen molar-refractivity contribution in [3.8, 4) is 0 Å². The molecule has 0 aliphatic heterocycles. The van der Waals surface area contributed by atoms with E-state index in [-0.39, 0.29) is 22.8 Å². The highest BCUT2D eigenvalue weighted by molar-refractivity contribution is 6.31. The van der Waals surface area contributed by atoms with Crippen LogP contribution in [0.15, 0.2) is 18.2 Å². The number of hydrogen-bond acceptors (Lipinski definition) is 4. The Kier molecular flexibility index (Phi) is 4.06. The summed E-state index contributed by atoms with van der Waals surface area (Å²) in [6.45, 7) is 0. The van der Waals surface area contributed by atoms with Gasteiger partial charge in [-0.15, -0.1) is 0 Å². The van der Waals surface area contributed by atoms with Crippen LogP contribution < -0.4 is 11.5 Å². The number of amides is 1. The van der Waals surface area contributed by atoms with Crippen molar-refractivity contribution in [2.75, 3.05) is 5.73 Å².